The zero-order chi connectivity index (χ0) is 13.0. The number of thiazole rings is 1. The summed E-state index contributed by atoms with van der Waals surface area (Å²) in [4.78, 5) is 4.21. The molecule has 1 aromatic carbocycles. The fourth-order valence-electron chi connectivity index (χ4n) is 1.64. The largest absolute Gasteiger partial charge is 0.497 e. The van der Waals surface area contributed by atoms with E-state index >= 15 is 0 Å². The van der Waals surface area contributed by atoms with Crippen LogP contribution in [0.25, 0.3) is 0 Å². The number of hydrogen-bond donors (Lipinski definition) is 1. The van der Waals surface area contributed by atoms with Gasteiger partial charge in [-0.05, 0) is 24.6 Å². The number of rotatable bonds is 5. The topological polar surface area (TPSA) is 34.1 Å². The van der Waals surface area contributed by atoms with Crippen LogP contribution in [0.2, 0.25) is 4.34 Å². The lowest BCUT2D eigenvalue weighted by molar-refractivity contribution is 0.413. The normalized spacial score (nSPS) is 12.4. The van der Waals surface area contributed by atoms with Crippen molar-refractivity contribution in [3.05, 3.63) is 45.4 Å². The molecular formula is C13H15ClN2OS. The molecule has 18 heavy (non-hydrogen) atoms. The summed E-state index contributed by atoms with van der Waals surface area (Å²) in [5, 5.41) is 4.41. The highest BCUT2D eigenvalue weighted by molar-refractivity contribution is 7.15. The van der Waals surface area contributed by atoms with Crippen LogP contribution in [0.5, 0.6) is 5.75 Å². The Bertz CT molecular complexity index is 515. The summed E-state index contributed by atoms with van der Waals surface area (Å²) in [6, 6.07) is 8.29. The first-order valence-electron chi connectivity index (χ1n) is 5.66. The molecule has 2 rings (SSSR count). The van der Waals surface area contributed by atoms with Gasteiger partial charge in [-0.2, -0.15) is 0 Å². The van der Waals surface area contributed by atoms with E-state index in [0.717, 1.165) is 21.6 Å². The second-order valence-electron chi connectivity index (χ2n) is 3.94. The number of benzene rings is 1. The van der Waals surface area contributed by atoms with Crippen molar-refractivity contribution in [1.29, 1.82) is 0 Å². The Morgan fingerprint density at radius 1 is 1.50 bits per heavy atom. The molecule has 5 heteroatoms. The first-order chi connectivity index (χ1) is 8.69. The molecule has 1 aromatic heterocycles. The summed E-state index contributed by atoms with van der Waals surface area (Å²) in [5.74, 6) is 0.874. The van der Waals surface area contributed by atoms with Crippen LogP contribution in [0.1, 0.15) is 23.5 Å². The van der Waals surface area contributed by atoms with Crippen molar-refractivity contribution in [2.24, 2.45) is 0 Å². The van der Waals surface area contributed by atoms with Gasteiger partial charge in [-0.25, -0.2) is 4.98 Å². The number of halogens is 1. The van der Waals surface area contributed by atoms with Gasteiger partial charge in [0.25, 0.3) is 0 Å². The number of nitrogens with zero attached hydrogens (tertiary/aromatic N) is 1. The maximum Gasteiger partial charge on any atom is 0.119 e. The molecule has 1 heterocycles. The van der Waals surface area contributed by atoms with Crippen molar-refractivity contribution >= 4 is 22.9 Å². The number of nitrogens with one attached hydrogen (secondary N) is 1. The van der Waals surface area contributed by atoms with E-state index in [2.05, 4.69) is 23.3 Å². The predicted molar refractivity (Wildman–Crippen MR) is 75.4 cm³/mol. The van der Waals surface area contributed by atoms with Crippen LogP contribution in [0.15, 0.2) is 30.5 Å². The zero-order valence-electron chi connectivity index (χ0n) is 10.3. The Kier molecular flexibility index (Phi) is 4.58. The second-order valence-corrected chi connectivity index (χ2v) is 5.68. The van der Waals surface area contributed by atoms with E-state index in [1.807, 2.05) is 18.2 Å². The average molecular weight is 283 g/mol. The van der Waals surface area contributed by atoms with Gasteiger partial charge in [-0.3, -0.25) is 0 Å². The van der Waals surface area contributed by atoms with Gasteiger partial charge < -0.3 is 10.1 Å². The molecular weight excluding hydrogens is 268 g/mol. The lowest BCUT2D eigenvalue weighted by Crippen LogP contribution is -2.17. The van der Waals surface area contributed by atoms with Crippen LogP contribution < -0.4 is 10.1 Å². The van der Waals surface area contributed by atoms with Crippen LogP contribution in [0.3, 0.4) is 0 Å². The standard InChI is InChI=1S/C13H15ClN2OS/c1-9(10-4-3-5-11(6-10)17-2)15-8-13-16-7-12(14)18-13/h3-7,9,15H,8H2,1-2H3/t9-/m1/s1. The molecule has 0 aliphatic carbocycles. The first kappa shape index (κ1) is 13.3. The fraction of sp³-hybridized carbons (Fsp3) is 0.308. The summed E-state index contributed by atoms with van der Waals surface area (Å²) in [7, 11) is 1.68. The molecule has 1 atom stereocenters. The summed E-state index contributed by atoms with van der Waals surface area (Å²) >= 11 is 7.34. The van der Waals surface area contributed by atoms with Gasteiger partial charge in [0.2, 0.25) is 0 Å². The molecule has 0 spiro atoms. The first-order valence-corrected chi connectivity index (χ1v) is 6.86. The molecule has 0 bridgehead atoms. The van der Waals surface area contributed by atoms with Crippen molar-refractivity contribution in [2.75, 3.05) is 7.11 Å². The third-order valence-corrected chi connectivity index (χ3v) is 3.79. The number of ether oxygens (including phenoxy) is 1. The van der Waals surface area contributed by atoms with Gasteiger partial charge in [-0.15, -0.1) is 11.3 Å². The Morgan fingerprint density at radius 3 is 3.00 bits per heavy atom. The van der Waals surface area contributed by atoms with Crippen molar-refractivity contribution < 1.29 is 4.74 Å². The SMILES string of the molecule is COc1cccc([C@@H](C)NCc2ncc(Cl)s2)c1. The molecule has 0 aliphatic rings. The minimum Gasteiger partial charge on any atom is -0.497 e. The molecule has 0 amide bonds. The van der Waals surface area contributed by atoms with E-state index in [4.69, 9.17) is 16.3 Å². The average Bonchev–Trinajstić information content (AvgIpc) is 2.82. The Morgan fingerprint density at radius 2 is 2.33 bits per heavy atom. The van der Waals surface area contributed by atoms with Gasteiger partial charge >= 0.3 is 0 Å². The number of methoxy groups -OCH3 is 1. The maximum atomic E-state index is 5.84. The van der Waals surface area contributed by atoms with Crippen LogP contribution in [-0.4, -0.2) is 12.1 Å². The van der Waals surface area contributed by atoms with Crippen molar-refractivity contribution in [2.45, 2.75) is 19.5 Å². The van der Waals surface area contributed by atoms with E-state index in [1.165, 1.54) is 16.9 Å². The Balaban J connectivity index is 1.96. The molecule has 0 radical (unpaired) electrons. The van der Waals surface area contributed by atoms with Crippen LogP contribution >= 0.6 is 22.9 Å². The molecule has 0 saturated carbocycles. The lowest BCUT2D eigenvalue weighted by Gasteiger charge is -2.14. The van der Waals surface area contributed by atoms with Crippen LogP contribution in [0, 0.1) is 0 Å². The number of hydrogen-bond acceptors (Lipinski definition) is 4. The highest BCUT2D eigenvalue weighted by Gasteiger charge is 2.07. The second kappa shape index (κ2) is 6.18. The molecule has 0 aliphatic heterocycles. The van der Waals surface area contributed by atoms with E-state index in [9.17, 15) is 0 Å². The molecule has 0 saturated heterocycles. The van der Waals surface area contributed by atoms with E-state index in [0.29, 0.717) is 0 Å². The van der Waals surface area contributed by atoms with E-state index in [1.54, 1.807) is 13.3 Å². The van der Waals surface area contributed by atoms with Gasteiger partial charge in [0, 0.05) is 12.6 Å². The summed E-state index contributed by atoms with van der Waals surface area (Å²) in [6.07, 6.45) is 1.68. The van der Waals surface area contributed by atoms with Crippen molar-refractivity contribution in [3.63, 3.8) is 0 Å². The minimum absolute atomic E-state index is 0.239. The monoisotopic (exact) mass is 282 g/mol. The predicted octanol–water partition coefficient (Wildman–Crippen LogP) is 3.66. The summed E-state index contributed by atoms with van der Waals surface area (Å²) < 4.78 is 5.94. The fourth-order valence-corrected chi connectivity index (χ4v) is 2.55. The van der Waals surface area contributed by atoms with Crippen molar-refractivity contribution in [3.8, 4) is 5.75 Å². The van der Waals surface area contributed by atoms with Crippen molar-refractivity contribution in [1.82, 2.24) is 10.3 Å². The van der Waals surface area contributed by atoms with Crippen LogP contribution in [-0.2, 0) is 6.54 Å². The van der Waals surface area contributed by atoms with Crippen LogP contribution in [0.4, 0.5) is 0 Å². The Labute approximate surface area is 116 Å². The molecule has 2 aromatic rings. The third-order valence-electron chi connectivity index (χ3n) is 2.68. The Hall–Kier alpha value is -1.10. The molecule has 1 N–H and O–H groups in total. The zero-order valence-corrected chi connectivity index (χ0v) is 11.9. The van der Waals surface area contributed by atoms with Gasteiger partial charge in [-0.1, -0.05) is 23.7 Å². The highest BCUT2D eigenvalue weighted by atomic mass is 35.5. The third kappa shape index (κ3) is 3.45. The molecule has 0 unspecified atom stereocenters. The van der Waals surface area contributed by atoms with Gasteiger partial charge in [0.1, 0.15) is 15.1 Å². The summed E-state index contributed by atoms with van der Waals surface area (Å²) in [5.41, 5.74) is 1.19. The highest BCUT2D eigenvalue weighted by Crippen LogP contribution is 2.21. The van der Waals surface area contributed by atoms with Gasteiger partial charge in [0.15, 0.2) is 0 Å². The minimum atomic E-state index is 0.239. The van der Waals surface area contributed by atoms with Gasteiger partial charge in [0.05, 0.1) is 13.3 Å². The quantitative estimate of drug-likeness (QED) is 0.909. The molecule has 3 nitrogen and oxygen atoms in total. The molecule has 0 fully saturated rings. The smallest absolute Gasteiger partial charge is 0.119 e. The maximum absolute atomic E-state index is 5.84. The lowest BCUT2D eigenvalue weighted by atomic mass is 10.1. The summed E-state index contributed by atoms with van der Waals surface area (Å²) in [6.45, 7) is 2.83. The van der Waals surface area contributed by atoms with E-state index in [-0.39, 0.29) is 6.04 Å². The molecule has 96 valence electrons. The number of aromatic nitrogens is 1. The van der Waals surface area contributed by atoms with E-state index < -0.39 is 0 Å².